The summed E-state index contributed by atoms with van der Waals surface area (Å²) in [7, 11) is 5.80. The second kappa shape index (κ2) is 5.03. The van der Waals surface area contributed by atoms with Crippen LogP contribution in [0.3, 0.4) is 0 Å². The van der Waals surface area contributed by atoms with Crippen LogP contribution in [-0.4, -0.2) is 58.0 Å². The lowest BCUT2D eigenvalue weighted by Gasteiger charge is -2.22. The molecular formula is C13H16N6O. The smallest absolute Gasteiger partial charge is 0.220 e. The van der Waals surface area contributed by atoms with Crippen molar-refractivity contribution < 1.29 is 4.84 Å². The molecule has 104 valence electrons. The van der Waals surface area contributed by atoms with Crippen LogP contribution in [-0.2, 0) is 0 Å². The largest absolute Gasteiger partial charge is 0.376 e. The predicted molar refractivity (Wildman–Crippen MR) is 75.7 cm³/mol. The van der Waals surface area contributed by atoms with Gasteiger partial charge in [0.15, 0.2) is 6.73 Å². The van der Waals surface area contributed by atoms with E-state index in [-0.39, 0.29) is 0 Å². The van der Waals surface area contributed by atoms with Gasteiger partial charge in [-0.25, -0.2) is 15.0 Å². The highest BCUT2D eigenvalue weighted by Crippen LogP contribution is 2.20. The Morgan fingerprint density at radius 1 is 1.20 bits per heavy atom. The molecule has 0 aliphatic heterocycles. The van der Waals surface area contributed by atoms with E-state index in [9.17, 15) is 0 Å². The SMILES string of the molecule is CN(C)N(C)COn1nnc2c3ccccc3cnc21. The van der Waals surface area contributed by atoms with Gasteiger partial charge >= 0.3 is 0 Å². The van der Waals surface area contributed by atoms with E-state index < -0.39 is 0 Å². The lowest BCUT2D eigenvalue weighted by Crippen LogP contribution is -2.38. The van der Waals surface area contributed by atoms with Crippen LogP contribution in [0.2, 0.25) is 0 Å². The Labute approximate surface area is 116 Å². The highest BCUT2D eigenvalue weighted by atomic mass is 16.7. The summed E-state index contributed by atoms with van der Waals surface area (Å²) in [6.45, 7) is 0.361. The molecule has 0 amide bonds. The minimum Gasteiger partial charge on any atom is -0.376 e. The molecular weight excluding hydrogens is 256 g/mol. The standard InChI is InChI=1S/C13H16N6O/c1-17(2)18(3)9-20-19-13-12(15-16-19)11-7-5-4-6-10(11)8-14-13/h4-8H,9H2,1-3H3. The van der Waals surface area contributed by atoms with Crippen molar-refractivity contribution in [3.8, 4) is 0 Å². The van der Waals surface area contributed by atoms with Crippen LogP contribution < -0.4 is 4.84 Å². The van der Waals surface area contributed by atoms with Crippen molar-refractivity contribution in [1.82, 2.24) is 30.2 Å². The number of benzene rings is 1. The number of pyridine rings is 1. The summed E-state index contributed by atoms with van der Waals surface area (Å²) in [5.74, 6) is 0. The molecule has 0 atom stereocenters. The van der Waals surface area contributed by atoms with E-state index in [2.05, 4.69) is 15.3 Å². The Morgan fingerprint density at radius 3 is 2.80 bits per heavy atom. The molecule has 0 saturated heterocycles. The molecule has 0 saturated carbocycles. The molecule has 20 heavy (non-hydrogen) atoms. The van der Waals surface area contributed by atoms with Gasteiger partial charge in [-0.2, -0.15) is 0 Å². The fourth-order valence-corrected chi connectivity index (χ4v) is 1.84. The number of hydrogen-bond acceptors (Lipinski definition) is 6. The van der Waals surface area contributed by atoms with Crippen molar-refractivity contribution in [2.45, 2.75) is 0 Å². The van der Waals surface area contributed by atoms with Crippen molar-refractivity contribution in [2.75, 3.05) is 27.9 Å². The molecule has 3 rings (SSSR count). The van der Waals surface area contributed by atoms with Crippen LogP contribution in [0.15, 0.2) is 30.5 Å². The first-order chi connectivity index (χ1) is 9.66. The summed E-state index contributed by atoms with van der Waals surface area (Å²) in [4.78, 5) is 11.3. The summed E-state index contributed by atoms with van der Waals surface area (Å²) in [6.07, 6.45) is 1.80. The Morgan fingerprint density at radius 2 is 2.00 bits per heavy atom. The van der Waals surface area contributed by atoms with Gasteiger partial charge in [0.05, 0.1) is 0 Å². The van der Waals surface area contributed by atoms with E-state index in [1.807, 2.05) is 55.4 Å². The summed E-state index contributed by atoms with van der Waals surface area (Å²) in [5.41, 5.74) is 1.37. The van der Waals surface area contributed by atoms with Crippen LogP contribution in [0.5, 0.6) is 0 Å². The van der Waals surface area contributed by atoms with Gasteiger partial charge in [-0.1, -0.05) is 29.1 Å². The lowest BCUT2D eigenvalue weighted by molar-refractivity contribution is -0.0712. The second-order valence-corrected chi connectivity index (χ2v) is 4.74. The molecule has 7 nitrogen and oxygen atoms in total. The normalized spacial score (nSPS) is 11.8. The maximum absolute atomic E-state index is 5.60. The topological polar surface area (TPSA) is 59.3 Å². The average Bonchev–Trinajstić information content (AvgIpc) is 2.88. The zero-order chi connectivity index (χ0) is 14.1. The zero-order valence-electron chi connectivity index (χ0n) is 11.7. The molecule has 3 aromatic rings. The van der Waals surface area contributed by atoms with E-state index in [4.69, 9.17) is 4.84 Å². The Balaban J connectivity index is 1.95. The highest BCUT2D eigenvalue weighted by molar-refractivity contribution is 6.01. The molecule has 0 unspecified atom stereocenters. The Bertz CT molecular complexity index is 738. The minimum absolute atomic E-state index is 0.361. The summed E-state index contributed by atoms with van der Waals surface area (Å²) < 4.78 is 0. The first-order valence-electron chi connectivity index (χ1n) is 6.27. The third-order valence-electron chi connectivity index (χ3n) is 3.21. The van der Waals surface area contributed by atoms with Gasteiger partial charge in [-0.3, -0.25) is 0 Å². The molecule has 0 N–H and O–H groups in total. The molecule has 0 fully saturated rings. The maximum atomic E-state index is 5.60. The van der Waals surface area contributed by atoms with Gasteiger partial charge in [0.25, 0.3) is 0 Å². The van der Waals surface area contributed by atoms with E-state index >= 15 is 0 Å². The van der Waals surface area contributed by atoms with Gasteiger partial charge in [0.2, 0.25) is 5.65 Å². The van der Waals surface area contributed by atoms with Crippen LogP contribution >= 0.6 is 0 Å². The van der Waals surface area contributed by atoms with E-state index in [1.54, 1.807) is 6.20 Å². The summed E-state index contributed by atoms with van der Waals surface area (Å²) >= 11 is 0. The van der Waals surface area contributed by atoms with Gasteiger partial charge in [-0.15, -0.1) is 5.10 Å². The first kappa shape index (κ1) is 12.8. The van der Waals surface area contributed by atoms with Gasteiger partial charge in [-0.05, 0) is 5.21 Å². The van der Waals surface area contributed by atoms with E-state index in [0.717, 1.165) is 16.3 Å². The molecule has 0 aliphatic rings. The number of aromatic nitrogens is 4. The quantitative estimate of drug-likeness (QED) is 0.516. The van der Waals surface area contributed by atoms with Gasteiger partial charge in [0.1, 0.15) is 5.52 Å². The average molecular weight is 272 g/mol. The summed E-state index contributed by atoms with van der Waals surface area (Å²) in [6, 6.07) is 7.95. The molecule has 0 aliphatic carbocycles. The highest BCUT2D eigenvalue weighted by Gasteiger charge is 2.11. The van der Waals surface area contributed by atoms with Crippen molar-refractivity contribution in [3.05, 3.63) is 30.5 Å². The van der Waals surface area contributed by atoms with Gasteiger partial charge < -0.3 is 4.84 Å². The zero-order valence-corrected chi connectivity index (χ0v) is 11.7. The molecule has 7 heteroatoms. The summed E-state index contributed by atoms with van der Waals surface area (Å²) in [5, 5.41) is 14.1. The van der Waals surface area contributed by atoms with Crippen LogP contribution in [0.1, 0.15) is 0 Å². The van der Waals surface area contributed by atoms with Crippen LogP contribution in [0.4, 0.5) is 0 Å². The Kier molecular flexibility index (Phi) is 3.21. The van der Waals surface area contributed by atoms with E-state index in [1.165, 1.54) is 4.85 Å². The molecule has 0 spiro atoms. The first-order valence-corrected chi connectivity index (χ1v) is 6.27. The number of nitrogens with zero attached hydrogens (tertiary/aromatic N) is 6. The fraction of sp³-hybridized carbons (Fsp3) is 0.308. The van der Waals surface area contributed by atoms with Crippen LogP contribution in [0, 0.1) is 0 Å². The number of rotatable bonds is 4. The minimum atomic E-state index is 0.361. The second-order valence-electron chi connectivity index (χ2n) is 4.74. The molecule has 0 bridgehead atoms. The monoisotopic (exact) mass is 272 g/mol. The van der Waals surface area contributed by atoms with Crippen molar-refractivity contribution in [2.24, 2.45) is 0 Å². The maximum Gasteiger partial charge on any atom is 0.220 e. The fourth-order valence-electron chi connectivity index (χ4n) is 1.84. The van der Waals surface area contributed by atoms with Gasteiger partial charge in [0, 0.05) is 38.1 Å². The third kappa shape index (κ3) is 2.17. The number of hydrazine groups is 1. The van der Waals surface area contributed by atoms with Crippen molar-refractivity contribution in [3.63, 3.8) is 0 Å². The molecule has 1 aromatic carbocycles. The predicted octanol–water partition coefficient (Wildman–Crippen LogP) is 0.774. The third-order valence-corrected chi connectivity index (χ3v) is 3.21. The molecule has 2 aromatic heterocycles. The molecule has 0 radical (unpaired) electrons. The van der Waals surface area contributed by atoms with E-state index in [0.29, 0.717) is 12.4 Å². The van der Waals surface area contributed by atoms with Crippen molar-refractivity contribution in [1.29, 1.82) is 0 Å². The Hall–Kier alpha value is -2.25. The number of fused-ring (bicyclic) bond motifs is 3. The van der Waals surface area contributed by atoms with Crippen molar-refractivity contribution >= 4 is 21.9 Å². The molecule has 2 heterocycles. The number of hydrogen-bond donors (Lipinski definition) is 0. The lowest BCUT2D eigenvalue weighted by atomic mass is 10.1. The van der Waals surface area contributed by atoms with Crippen LogP contribution in [0.25, 0.3) is 21.9 Å².